The van der Waals surface area contributed by atoms with Crippen molar-refractivity contribution in [1.29, 1.82) is 0 Å². The number of aromatic nitrogens is 3. The van der Waals surface area contributed by atoms with E-state index in [1.165, 1.54) is 0 Å². The number of thiophene rings is 1. The molecule has 0 spiro atoms. The Kier molecular flexibility index (Phi) is 4.00. The van der Waals surface area contributed by atoms with Gasteiger partial charge in [-0.2, -0.15) is 16.7 Å². The van der Waals surface area contributed by atoms with Gasteiger partial charge in [-0.25, -0.2) is 0 Å². The number of thioether (sulfide) groups is 1. The minimum Gasteiger partial charge on any atom is -0.337 e. The first-order chi connectivity index (χ1) is 9.78. The van der Waals surface area contributed by atoms with E-state index in [2.05, 4.69) is 15.1 Å². The van der Waals surface area contributed by atoms with Crippen molar-refractivity contribution in [3.8, 4) is 11.4 Å². The van der Waals surface area contributed by atoms with E-state index in [1.807, 2.05) is 23.8 Å². The second kappa shape index (κ2) is 5.90. The van der Waals surface area contributed by atoms with Crippen molar-refractivity contribution in [2.75, 3.05) is 12.0 Å². The molecule has 0 amide bonds. The summed E-state index contributed by atoms with van der Waals surface area (Å²) in [5.41, 5.74) is 7.86. The molecule has 0 bridgehead atoms. The molecular formula is C13H14N4OS2. The van der Waals surface area contributed by atoms with Crippen molar-refractivity contribution in [3.63, 3.8) is 0 Å². The zero-order chi connectivity index (χ0) is 13.9. The van der Waals surface area contributed by atoms with Crippen molar-refractivity contribution >= 4 is 33.3 Å². The van der Waals surface area contributed by atoms with Crippen molar-refractivity contribution in [2.45, 2.75) is 12.5 Å². The molecule has 0 aliphatic heterocycles. The predicted octanol–water partition coefficient (Wildman–Crippen LogP) is 3.10. The van der Waals surface area contributed by atoms with Crippen LogP contribution in [0.2, 0.25) is 0 Å². The third-order valence-corrected chi connectivity index (χ3v) is 4.45. The van der Waals surface area contributed by atoms with Crippen LogP contribution in [0.4, 0.5) is 0 Å². The van der Waals surface area contributed by atoms with Gasteiger partial charge in [-0.15, -0.1) is 11.3 Å². The van der Waals surface area contributed by atoms with Gasteiger partial charge in [0.25, 0.3) is 0 Å². The molecule has 20 heavy (non-hydrogen) atoms. The molecule has 3 aromatic rings. The van der Waals surface area contributed by atoms with E-state index in [-0.39, 0.29) is 6.04 Å². The van der Waals surface area contributed by atoms with Crippen LogP contribution in [0.15, 0.2) is 28.2 Å². The topological polar surface area (TPSA) is 77.8 Å². The Morgan fingerprint density at radius 1 is 1.50 bits per heavy atom. The quantitative estimate of drug-likeness (QED) is 0.780. The summed E-state index contributed by atoms with van der Waals surface area (Å²) >= 11 is 3.40. The van der Waals surface area contributed by atoms with Crippen LogP contribution in [0, 0.1) is 0 Å². The van der Waals surface area contributed by atoms with Crippen LogP contribution >= 0.6 is 23.1 Å². The standard InChI is InChI=1S/C13H14N4OS2/c1-19-4-2-9(14)13-16-12(17-18-13)8-6-11-10(15-7-8)3-5-20-11/h3,5-7,9H,2,4,14H2,1H3/t9-/m0/s1. The van der Waals surface area contributed by atoms with E-state index in [9.17, 15) is 0 Å². The molecule has 0 saturated heterocycles. The van der Waals surface area contributed by atoms with E-state index in [0.717, 1.165) is 28.0 Å². The van der Waals surface area contributed by atoms with Crippen LogP contribution in [0.1, 0.15) is 18.4 Å². The number of hydrogen-bond donors (Lipinski definition) is 1. The van der Waals surface area contributed by atoms with Gasteiger partial charge < -0.3 is 10.3 Å². The Bertz CT molecular complexity index is 709. The van der Waals surface area contributed by atoms with E-state index in [1.54, 1.807) is 29.3 Å². The highest BCUT2D eigenvalue weighted by Gasteiger charge is 2.15. The number of fused-ring (bicyclic) bond motifs is 1. The summed E-state index contributed by atoms with van der Waals surface area (Å²) in [5.74, 6) is 2.00. The molecule has 0 saturated carbocycles. The zero-order valence-corrected chi connectivity index (χ0v) is 12.6. The molecular weight excluding hydrogens is 292 g/mol. The number of rotatable bonds is 5. The summed E-state index contributed by atoms with van der Waals surface area (Å²) in [6, 6.07) is 3.81. The highest BCUT2D eigenvalue weighted by Crippen LogP contribution is 2.25. The molecule has 3 heterocycles. The summed E-state index contributed by atoms with van der Waals surface area (Å²) in [6.07, 6.45) is 4.63. The van der Waals surface area contributed by atoms with Crippen LogP contribution in [0.25, 0.3) is 21.6 Å². The lowest BCUT2D eigenvalue weighted by Crippen LogP contribution is -2.11. The summed E-state index contributed by atoms with van der Waals surface area (Å²) in [7, 11) is 0. The van der Waals surface area contributed by atoms with Crippen LogP contribution in [0.5, 0.6) is 0 Å². The maximum Gasteiger partial charge on any atom is 0.243 e. The van der Waals surface area contributed by atoms with Gasteiger partial charge in [0.15, 0.2) is 0 Å². The monoisotopic (exact) mass is 306 g/mol. The molecule has 5 nitrogen and oxygen atoms in total. The minimum atomic E-state index is -0.206. The molecule has 2 N–H and O–H groups in total. The van der Waals surface area contributed by atoms with E-state index < -0.39 is 0 Å². The third-order valence-electron chi connectivity index (χ3n) is 2.95. The average Bonchev–Trinajstić information content (AvgIpc) is 3.12. The van der Waals surface area contributed by atoms with Gasteiger partial charge >= 0.3 is 0 Å². The maximum absolute atomic E-state index is 6.02. The van der Waals surface area contributed by atoms with Crippen molar-refractivity contribution < 1.29 is 4.52 Å². The maximum atomic E-state index is 6.02. The number of hydrogen-bond acceptors (Lipinski definition) is 7. The normalized spacial score (nSPS) is 12.9. The Morgan fingerprint density at radius 3 is 3.25 bits per heavy atom. The number of nitrogens with two attached hydrogens (primary N) is 1. The summed E-state index contributed by atoms with van der Waals surface area (Å²) in [6.45, 7) is 0. The van der Waals surface area contributed by atoms with Crippen molar-refractivity contribution in [3.05, 3.63) is 29.6 Å². The fourth-order valence-electron chi connectivity index (χ4n) is 1.84. The number of pyridine rings is 1. The fraction of sp³-hybridized carbons (Fsp3) is 0.308. The predicted molar refractivity (Wildman–Crippen MR) is 82.8 cm³/mol. The molecule has 7 heteroatoms. The molecule has 0 fully saturated rings. The second-order valence-corrected chi connectivity index (χ2v) is 6.31. The zero-order valence-electron chi connectivity index (χ0n) is 10.9. The molecule has 0 radical (unpaired) electrons. The van der Waals surface area contributed by atoms with Crippen LogP contribution in [-0.2, 0) is 0 Å². The molecule has 104 valence electrons. The summed E-state index contributed by atoms with van der Waals surface area (Å²) < 4.78 is 6.36. The molecule has 0 aromatic carbocycles. The Hall–Kier alpha value is -1.44. The van der Waals surface area contributed by atoms with E-state index >= 15 is 0 Å². The van der Waals surface area contributed by atoms with Gasteiger partial charge in [0, 0.05) is 11.8 Å². The molecule has 0 aliphatic rings. The Morgan fingerprint density at radius 2 is 2.40 bits per heavy atom. The highest BCUT2D eigenvalue weighted by molar-refractivity contribution is 7.98. The smallest absolute Gasteiger partial charge is 0.243 e. The lowest BCUT2D eigenvalue weighted by Gasteiger charge is -2.03. The van der Waals surface area contributed by atoms with Gasteiger partial charge in [-0.05, 0) is 35.9 Å². The Balaban J connectivity index is 1.85. The molecule has 0 aliphatic carbocycles. The summed E-state index contributed by atoms with van der Waals surface area (Å²) in [5, 5.41) is 6.01. The van der Waals surface area contributed by atoms with Crippen LogP contribution in [0.3, 0.4) is 0 Å². The van der Waals surface area contributed by atoms with Crippen molar-refractivity contribution in [2.24, 2.45) is 5.73 Å². The molecule has 3 aromatic heterocycles. The fourth-order valence-corrected chi connectivity index (χ4v) is 3.11. The first kappa shape index (κ1) is 13.5. The van der Waals surface area contributed by atoms with Gasteiger partial charge in [0.05, 0.1) is 16.3 Å². The van der Waals surface area contributed by atoms with Crippen LogP contribution in [-0.4, -0.2) is 27.1 Å². The lowest BCUT2D eigenvalue weighted by atomic mass is 10.2. The average molecular weight is 306 g/mol. The first-order valence-electron chi connectivity index (χ1n) is 6.19. The molecule has 0 unspecified atom stereocenters. The highest BCUT2D eigenvalue weighted by atomic mass is 32.2. The third kappa shape index (κ3) is 2.70. The lowest BCUT2D eigenvalue weighted by molar-refractivity contribution is 0.353. The van der Waals surface area contributed by atoms with Gasteiger partial charge in [0.2, 0.25) is 11.7 Å². The second-order valence-electron chi connectivity index (χ2n) is 4.37. The largest absolute Gasteiger partial charge is 0.337 e. The van der Waals surface area contributed by atoms with E-state index in [0.29, 0.717) is 11.7 Å². The SMILES string of the molecule is CSCC[C@H](N)c1nc(-c2cnc3ccsc3c2)no1. The van der Waals surface area contributed by atoms with E-state index in [4.69, 9.17) is 10.3 Å². The minimum absolute atomic E-state index is 0.206. The first-order valence-corrected chi connectivity index (χ1v) is 8.47. The van der Waals surface area contributed by atoms with Gasteiger partial charge in [0.1, 0.15) is 0 Å². The van der Waals surface area contributed by atoms with Crippen molar-refractivity contribution in [1.82, 2.24) is 15.1 Å². The molecule has 1 atom stereocenters. The number of nitrogens with zero attached hydrogens (tertiary/aromatic N) is 3. The molecule has 3 rings (SSSR count). The van der Waals surface area contributed by atoms with Crippen LogP contribution < -0.4 is 5.73 Å². The van der Waals surface area contributed by atoms with Gasteiger partial charge in [-0.3, -0.25) is 4.98 Å². The summed E-state index contributed by atoms with van der Waals surface area (Å²) in [4.78, 5) is 8.75. The van der Waals surface area contributed by atoms with Gasteiger partial charge in [-0.1, -0.05) is 5.16 Å². The Labute approximate surface area is 124 Å².